The Morgan fingerprint density at radius 3 is 2.95 bits per heavy atom. The van der Waals surface area contributed by atoms with E-state index >= 15 is 0 Å². The van der Waals surface area contributed by atoms with Crippen molar-refractivity contribution >= 4 is 11.7 Å². The van der Waals surface area contributed by atoms with Crippen LogP contribution >= 0.6 is 0 Å². The molecule has 0 saturated carbocycles. The molecule has 1 amide bonds. The summed E-state index contributed by atoms with van der Waals surface area (Å²) in [6.45, 7) is 6.38. The van der Waals surface area contributed by atoms with E-state index in [4.69, 9.17) is 4.74 Å². The first kappa shape index (κ1) is 15.1. The number of hydrogen-bond donors (Lipinski definition) is 2. The number of amides is 1. The molecule has 2 rings (SSSR count). The van der Waals surface area contributed by atoms with Crippen LogP contribution in [-0.2, 0) is 11.2 Å². The summed E-state index contributed by atoms with van der Waals surface area (Å²) in [5.74, 6) is 1.42. The molecular formula is C16H21N3O2. The summed E-state index contributed by atoms with van der Waals surface area (Å²) >= 11 is 0. The van der Waals surface area contributed by atoms with Crippen LogP contribution in [0.5, 0.6) is 5.75 Å². The summed E-state index contributed by atoms with van der Waals surface area (Å²) in [5, 5.41) is 9.53. The Bertz CT molecular complexity index is 620. The number of rotatable bonds is 6. The number of carbonyl (C=O) groups is 1. The van der Waals surface area contributed by atoms with Gasteiger partial charge in [-0.15, -0.1) is 0 Å². The number of ether oxygens (including phenoxy) is 1. The van der Waals surface area contributed by atoms with Crippen molar-refractivity contribution in [2.75, 3.05) is 11.9 Å². The largest absolute Gasteiger partial charge is 0.493 e. The molecule has 0 aliphatic carbocycles. The van der Waals surface area contributed by atoms with Crippen molar-refractivity contribution in [3.8, 4) is 5.75 Å². The normalized spacial score (nSPS) is 10.4. The van der Waals surface area contributed by atoms with E-state index < -0.39 is 0 Å². The van der Waals surface area contributed by atoms with Gasteiger partial charge in [-0.25, -0.2) is 0 Å². The summed E-state index contributed by atoms with van der Waals surface area (Å²) in [6, 6.07) is 6.04. The molecule has 1 aromatic heterocycles. The fourth-order valence-electron chi connectivity index (χ4n) is 2.01. The van der Waals surface area contributed by atoms with Crippen molar-refractivity contribution in [1.82, 2.24) is 10.2 Å². The molecule has 1 aromatic carbocycles. The lowest BCUT2D eigenvalue weighted by Crippen LogP contribution is -2.16. The zero-order valence-electron chi connectivity index (χ0n) is 12.7. The van der Waals surface area contributed by atoms with E-state index in [9.17, 15) is 4.79 Å². The predicted octanol–water partition coefficient (Wildman–Crippen LogP) is 3.00. The molecule has 112 valence electrons. The zero-order valence-corrected chi connectivity index (χ0v) is 12.7. The highest BCUT2D eigenvalue weighted by Gasteiger charge is 2.08. The minimum absolute atomic E-state index is 0.0840. The van der Waals surface area contributed by atoms with Gasteiger partial charge < -0.3 is 10.1 Å². The average molecular weight is 287 g/mol. The molecule has 0 fully saturated rings. The van der Waals surface area contributed by atoms with Crippen LogP contribution in [0.15, 0.2) is 24.4 Å². The Balaban J connectivity index is 1.83. The van der Waals surface area contributed by atoms with Crippen LogP contribution in [0.1, 0.15) is 30.0 Å². The van der Waals surface area contributed by atoms with Gasteiger partial charge >= 0.3 is 0 Å². The van der Waals surface area contributed by atoms with Crippen LogP contribution in [-0.4, -0.2) is 22.7 Å². The Hall–Kier alpha value is -2.30. The molecule has 0 bridgehead atoms. The molecule has 0 spiro atoms. The van der Waals surface area contributed by atoms with E-state index in [0.717, 1.165) is 28.9 Å². The van der Waals surface area contributed by atoms with Gasteiger partial charge in [0, 0.05) is 5.56 Å². The van der Waals surface area contributed by atoms with Crippen molar-refractivity contribution in [1.29, 1.82) is 0 Å². The summed E-state index contributed by atoms with van der Waals surface area (Å²) in [6.07, 6.45) is 2.85. The highest BCUT2D eigenvalue weighted by Crippen LogP contribution is 2.19. The maximum atomic E-state index is 11.9. The van der Waals surface area contributed by atoms with Gasteiger partial charge in [0.1, 0.15) is 11.6 Å². The molecule has 0 unspecified atom stereocenters. The monoisotopic (exact) mass is 287 g/mol. The number of nitrogens with zero attached hydrogens (tertiary/aromatic N) is 1. The first-order valence-electron chi connectivity index (χ1n) is 7.12. The number of carbonyl (C=O) groups excluding carboxylic acids is 1. The van der Waals surface area contributed by atoms with E-state index in [0.29, 0.717) is 18.8 Å². The van der Waals surface area contributed by atoms with Gasteiger partial charge in [-0.2, -0.15) is 5.10 Å². The Morgan fingerprint density at radius 2 is 2.19 bits per heavy atom. The van der Waals surface area contributed by atoms with Gasteiger partial charge in [0.25, 0.3) is 0 Å². The Morgan fingerprint density at radius 1 is 1.38 bits per heavy atom. The molecule has 2 N–H and O–H groups in total. The number of aromatic amines is 1. The first-order valence-corrected chi connectivity index (χ1v) is 7.12. The lowest BCUT2D eigenvalue weighted by atomic mass is 10.1. The number of benzene rings is 1. The van der Waals surface area contributed by atoms with Crippen LogP contribution in [0.4, 0.5) is 5.82 Å². The van der Waals surface area contributed by atoms with Crippen molar-refractivity contribution in [3.05, 3.63) is 41.1 Å². The van der Waals surface area contributed by atoms with Gasteiger partial charge in [-0.3, -0.25) is 9.89 Å². The molecule has 0 aliphatic rings. The maximum absolute atomic E-state index is 11.9. The lowest BCUT2D eigenvalue weighted by molar-refractivity contribution is -0.116. The number of aromatic nitrogens is 2. The van der Waals surface area contributed by atoms with Crippen LogP contribution in [0.2, 0.25) is 0 Å². The fraction of sp³-hybridized carbons (Fsp3) is 0.375. The topological polar surface area (TPSA) is 67.0 Å². The maximum Gasteiger partial charge on any atom is 0.228 e. The second-order valence-corrected chi connectivity index (χ2v) is 5.04. The number of H-pyrrole nitrogens is 1. The molecule has 2 aromatic rings. The summed E-state index contributed by atoms with van der Waals surface area (Å²) in [5.41, 5.74) is 3.21. The first-order chi connectivity index (χ1) is 10.1. The summed E-state index contributed by atoms with van der Waals surface area (Å²) in [4.78, 5) is 11.9. The molecule has 1 heterocycles. The predicted molar refractivity (Wildman–Crippen MR) is 82.6 cm³/mol. The Labute approximate surface area is 124 Å². The van der Waals surface area contributed by atoms with Crippen LogP contribution < -0.4 is 10.1 Å². The summed E-state index contributed by atoms with van der Waals surface area (Å²) < 4.78 is 5.68. The van der Waals surface area contributed by atoms with E-state index in [-0.39, 0.29) is 5.91 Å². The highest BCUT2D eigenvalue weighted by atomic mass is 16.5. The molecule has 0 aliphatic heterocycles. The van der Waals surface area contributed by atoms with Crippen molar-refractivity contribution in [2.24, 2.45) is 0 Å². The van der Waals surface area contributed by atoms with E-state index in [2.05, 4.69) is 15.5 Å². The number of nitrogens with one attached hydrogen (secondary N) is 2. The molecule has 0 saturated heterocycles. The SMILES string of the molecule is CCc1cn[nH]c1NC(=O)CCOc1cc(C)ccc1C. The van der Waals surface area contributed by atoms with Gasteiger partial charge in [-0.05, 0) is 37.5 Å². The minimum atomic E-state index is -0.0840. The van der Waals surface area contributed by atoms with Crippen molar-refractivity contribution in [3.63, 3.8) is 0 Å². The van der Waals surface area contributed by atoms with Crippen molar-refractivity contribution < 1.29 is 9.53 Å². The Kier molecular flexibility index (Phi) is 4.98. The number of hydrogen-bond acceptors (Lipinski definition) is 3. The second-order valence-electron chi connectivity index (χ2n) is 5.04. The van der Waals surface area contributed by atoms with Crippen LogP contribution in [0, 0.1) is 13.8 Å². The standard InChI is InChI=1S/C16H21N3O2/c1-4-13-10-17-19-16(13)18-15(20)7-8-21-14-9-11(2)5-6-12(14)3/h5-6,9-10H,4,7-8H2,1-3H3,(H2,17,18,19,20). The van der Waals surface area contributed by atoms with Gasteiger partial charge in [0.2, 0.25) is 5.91 Å². The van der Waals surface area contributed by atoms with E-state index in [1.807, 2.05) is 39.0 Å². The van der Waals surface area contributed by atoms with Crippen LogP contribution in [0.25, 0.3) is 0 Å². The minimum Gasteiger partial charge on any atom is -0.493 e. The van der Waals surface area contributed by atoms with Gasteiger partial charge in [0.15, 0.2) is 0 Å². The molecule has 21 heavy (non-hydrogen) atoms. The third-order valence-electron chi connectivity index (χ3n) is 3.29. The fourth-order valence-corrected chi connectivity index (χ4v) is 2.01. The number of anilines is 1. The smallest absolute Gasteiger partial charge is 0.228 e. The quantitative estimate of drug-likeness (QED) is 0.858. The third kappa shape index (κ3) is 4.08. The molecule has 0 atom stereocenters. The lowest BCUT2D eigenvalue weighted by Gasteiger charge is -2.10. The van der Waals surface area contributed by atoms with Gasteiger partial charge in [-0.1, -0.05) is 19.1 Å². The average Bonchev–Trinajstić information content (AvgIpc) is 2.89. The zero-order chi connectivity index (χ0) is 15.2. The number of aryl methyl sites for hydroxylation is 3. The molecule has 5 heteroatoms. The van der Waals surface area contributed by atoms with Gasteiger partial charge in [0.05, 0.1) is 19.2 Å². The van der Waals surface area contributed by atoms with E-state index in [1.165, 1.54) is 0 Å². The molecule has 0 radical (unpaired) electrons. The third-order valence-corrected chi connectivity index (χ3v) is 3.29. The second kappa shape index (κ2) is 6.92. The molecule has 5 nitrogen and oxygen atoms in total. The summed E-state index contributed by atoms with van der Waals surface area (Å²) in [7, 11) is 0. The van der Waals surface area contributed by atoms with Crippen LogP contribution in [0.3, 0.4) is 0 Å². The molecular weight excluding hydrogens is 266 g/mol. The van der Waals surface area contributed by atoms with Crippen molar-refractivity contribution in [2.45, 2.75) is 33.6 Å². The highest BCUT2D eigenvalue weighted by molar-refractivity contribution is 5.90. The van der Waals surface area contributed by atoms with E-state index in [1.54, 1.807) is 6.20 Å².